The third-order valence-corrected chi connectivity index (χ3v) is 5.59. The number of rotatable bonds is 2. The summed E-state index contributed by atoms with van der Waals surface area (Å²) in [5.74, 6) is 0.0822. The molecule has 0 aliphatic carbocycles. The van der Waals surface area contributed by atoms with Gasteiger partial charge in [0.25, 0.3) is 5.91 Å². The van der Waals surface area contributed by atoms with E-state index in [0.717, 1.165) is 22.2 Å². The Balaban J connectivity index is 1.87. The van der Waals surface area contributed by atoms with Crippen molar-refractivity contribution in [1.29, 1.82) is 0 Å². The average Bonchev–Trinajstić information content (AvgIpc) is 2.75. The van der Waals surface area contributed by atoms with Crippen molar-refractivity contribution in [2.24, 2.45) is 0 Å². The lowest BCUT2D eigenvalue weighted by Crippen LogP contribution is -2.42. The first-order valence-corrected chi connectivity index (χ1v) is 8.96. The van der Waals surface area contributed by atoms with E-state index in [1.807, 2.05) is 58.6 Å². The Bertz CT molecular complexity index is 641. The molecular formula is C19H28BNO4. The molecule has 25 heavy (non-hydrogen) atoms. The Hall–Kier alpha value is -1.37. The molecule has 0 N–H and O–H groups in total. The number of morpholine rings is 1. The van der Waals surface area contributed by atoms with Crippen LogP contribution >= 0.6 is 0 Å². The summed E-state index contributed by atoms with van der Waals surface area (Å²) in [6.45, 7) is 14.7. The third kappa shape index (κ3) is 3.35. The van der Waals surface area contributed by atoms with Crippen LogP contribution in [-0.4, -0.2) is 55.4 Å². The number of aryl methyl sites for hydroxylation is 2. The van der Waals surface area contributed by atoms with Crippen LogP contribution in [0.5, 0.6) is 0 Å². The number of benzene rings is 1. The van der Waals surface area contributed by atoms with Crippen molar-refractivity contribution in [1.82, 2.24) is 4.90 Å². The van der Waals surface area contributed by atoms with E-state index in [9.17, 15) is 4.79 Å². The monoisotopic (exact) mass is 345 g/mol. The first kappa shape index (κ1) is 18.4. The molecule has 0 bridgehead atoms. The second kappa shape index (κ2) is 6.42. The van der Waals surface area contributed by atoms with Gasteiger partial charge in [0.05, 0.1) is 24.4 Å². The van der Waals surface area contributed by atoms with E-state index in [1.165, 1.54) is 0 Å². The summed E-state index contributed by atoms with van der Waals surface area (Å²) in [4.78, 5) is 14.8. The molecule has 0 spiro atoms. The summed E-state index contributed by atoms with van der Waals surface area (Å²) in [5.41, 5.74) is 2.92. The number of carbonyl (C=O) groups is 1. The van der Waals surface area contributed by atoms with E-state index in [0.29, 0.717) is 26.3 Å². The molecule has 2 saturated heterocycles. The van der Waals surface area contributed by atoms with Crippen LogP contribution in [0.4, 0.5) is 0 Å². The Labute approximate surface area is 150 Å². The van der Waals surface area contributed by atoms with Crippen LogP contribution in [0.2, 0.25) is 0 Å². The Morgan fingerprint density at radius 2 is 1.48 bits per heavy atom. The van der Waals surface area contributed by atoms with Crippen LogP contribution in [0.25, 0.3) is 0 Å². The molecule has 0 unspecified atom stereocenters. The summed E-state index contributed by atoms with van der Waals surface area (Å²) in [6, 6.07) is 4.03. The van der Waals surface area contributed by atoms with Gasteiger partial charge < -0.3 is 18.9 Å². The first-order valence-electron chi connectivity index (χ1n) is 8.96. The van der Waals surface area contributed by atoms with Gasteiger partial charge in [-0.3, -0.25) is 4.79 Å². The highest BCUT2D eigenvalue weighted by atomic mass is 16.7. The highest BCUT2D eigenvalue weighted by Crippen LogP contribution is 2.36. The number of hydrogen-bond acceptors (Lipinski definition) is 4. The quantitative estimate of drug-likeness (QED) is 0.770. The van der Waals surface area contributed by atoms with Crippen molar-refractivity contribution in [2.75, 3.05) is 26.3 Å². The maximum absolute atomic E-state index is 12.9. The zero-order valence-electron chi connectivity index (χ0n) is 16.1. The summed E-state index contributed by atoms with van der Waals surface area (Å²) in [6.07, 6.45) is 0. The van der Waals surface area contributed by atoms with E-state index >= 15 is 0 Å². The maximum atomic E-state index is 12.9. The van der Waals surface area contributed by atoms with E-state index in [2.05, 4.69) is 0 Å². The van der Waals surface area contributed by atoms with E-state index < -0.39 is 7.12 Å². The summed E-state index contributed by atoms with van der Waals surface area (Å²) in [7, 11) is -0.407. The fourth-order valence-corrected chi connectivity index (χ4v) is 3.37. The molecule has 1 aromatic carbocycles. The molecule has 2 aliphatic heterocycles. The van der Waals surface area contributed by atoms with Crippen LogP contribution in [0, 0.1) is 13.8 Å². The van der Waals surface area contributed by atoms with Gasteiger partial charge in [0.15, 0.2) is 0 Å². The van der Waals surface area contributed by atoms with Crippen LogP contribution < -0.4 is 5.46 Å². The Morgan fingerprint density at radius 1 is 1.00 bits per heavy atom. The van der Waals surface area contributed by atoms with Gasteiger partial charge in [-0.25, -0.2) is 0 Å². The van der Waals surface area contributed by atoms with Crippen molar-refractivity contribution in [2.45, 2.75) is 52.7 Å². The van der Waals surface area contributed by atoms with Gasteiger partial charge in [0.2, 0.25) is 0 Å². The zero-order valence-corrected chi connectivity index (χ0v) is 16.1. The van der Waals surface area contributed by atoms with Gasteiger partial charge in [0.1, 0.15) is 0 Å². The van der Waals surface area contributed by atoms with Crippen molar-refractivity contribution in [3.8, 4) is 0 Å². The fraction of sp³-hybridized carbons (Fsp3) is 0.632. The molecule has 0 atom stereocenters. The second-order valence-electron chi connectivity index (χ2n) is 8.02. The lowest BCUT2D eigenvalue weighted by atomic mass is 9.76. The smallest absolute Gasteiger partial charge is 0.399 e. The lowest BCUT2D eigenvalue weighted by molar-refractivity contribution is 0.00578. The molecule has 3 rings (SSSR count). The SMILES string of the molecule is Cc1cc(B2OC(C)(C)C(C)(C)O2)cc(C)c1C(=O)N1CCOCC1. The molecule has 1 aromatic rings. The van der Waals surface area contributed by atoms with Crippen molar-refractivity contribution < 1.29 is 18.8 Å². The van der Waals surface area contributed by atoms with E-state index in [1.54, 1.807) is 0 Å². The molecule has 0 radical (unpaired) electrons. The lowest BCUT2D eigenvalue weighted by Gasteiger charge is -2.32. The molecule has 5 nitrogen and oxygen atoms in total. The van der Waals surface area contributed by atoms with Crippen molar-refractivity contribution in [3.63, 3.8) is 0 Å². The predicted octanol–water partition coefficient (Wildman–Crippen LogP) is 2.08. The van der Waals surface area contributed by atoms with Crippen LogP contribution in [0.3, 0.4) is 0 Å². The number of hydrogen-bond donors (Lipinski definition) is 0. The van der Waals surface area contributed by atoms with Crippen LogP contribution in [-0.2, 0) is 14.0 Å². The van der Waals surface area contributed by atoms with Gasteiger partial charge in [-0.2, -0.15) is 0 Å². The molecule has 136 valence electrons. The highest BCUT2D eigenvalue weighted by Gasteiger charge is 2.51. The molecule has 2 heterocycles. The van der Waals surface area contributed by atoms with Gasteiger partial charge in [-0.1, -0.05) is 12.1 Å². The fourth-order valence-electron chi connectivity index (χ4n) is 3.37. The molecule has 0 aromatic heterocycles. The van der Waals surface area contributed by atoms with Crippen molar-refractivity contribution in [3.05, 3.63) is 28.8 Å². The number of carbonyl (C=O) groups excluding carboxylic acids is 1. The van der Waals surface area contributed by atoms with Crippen molar-refractivity contribution >= 4 is 18.5 Å². The highest BCUT2D eigenvalue weighted by molar-refractivity contribution is 6.62. The van der Waals surface area contributed by atoms with Crippen LogP contribution in [0.1, 0.15) is 49.2 Å². The minimum Gasteiger partial charge on any atom is -0.399 e. The summed E-state index contributed by atoms with van der Waals surface area (Å²) >= 11 is 0. The zero-order chi connectivity index (χ0) is 18.4. The number of nitrogens with zero attached hydrogens (tertiary/aromatic N) is 1. The largest absolute Gasteiger partial charge is 0.494 e. The first-order chi connectivity index (χ1) is 11.6. The Morgan fingerprint density at radius 3 is 1.96 bits per heavy atom. The van der Waals surface area contributed by atoms with E-state index in [-0.39, 0.29) is 17.1 Å². The minimum atomic E-state index is -0.407. The molecular weight excluding hydrogens is 317 g/mol. The molecule has 6 heteroatoms. The molecule has 0 saturated carbocycles. The third-order valence-electron chi connectivity index (χ3n) is 5.59. The number of ether oxygens (including phenoxy) is 1. The molecule has 2 fully saturated rings. The van der Waals surface area contributed by atoms with Gasteiger partial charge >= 0.3 is 7.12 Å². The van der Waals surface area contributed by atoms with E-state index in [4.69, 9.17) is 14.0 Å². The average molecular weight is 345 g/mol. The molecule has 2 aliphatic rings. The minimum absolute atomic E-state index is 0.0822. The standard InChI is InChI=1S/C19H28BNO4/c1-13-11-15(20-24-18(3,4)19(5,6)25-20)12-14(2)16(13)17(22)21-7-9-23-10-8-21/h11-12H,7-10H2,1-6H3. The Kier molecular flexibility index (Phi) is 4.73. The predicted molar refractivity (Wildman–Crippen MR) is 98.4 cm³/mol. The van der Waals surface area contributed by atoms with Crippen LogP contribution in [0.15, 0.2) is 12.1 Å². The molecule has 1 amide bonds. The normalized spacial score (nSPS) is 22.3. The van der Waals surface area contributed by atoms with Gasteiger partial charge in [-0.15, -0.1) is 0 Å². The summed E-state index contributed by atoms with van der Waals surface area (Å²) in [5, 5.41) is 0. The number of amides is 1. The van der Waals surface area contributed by atoms with Gasteiger partial charge in [0, 0.05) is 18.7 Å². The van der Waals surface area contributed by atoms with Gasteiger partial charge in [-0.05, 0) is 58.1 Å². The summed E-state index contributed by atoms with van der Waals surface area (Å²) < 4.78 is 17.6. The second-order valence-corrected chi connectivity index (χ2v) is 8.02. The topological polar surface area (TPSA) is 48.0 Å². The maximum Gasteiger partial charge on any atom is 0.494 e.